The molecular formula is C14H15NOS. The van der Waals surface area contributed by atoms with Gasteiger partial charge in [-0.25, -0.2) is 0 Å². The molecule has 0 aliphatic heterocycles. The van der Waals surface area contributed by atoms with Gasteiger partial charge < -0.3 is 10.8 Å². The number of aromatic hydroxyl groups is 1. The molecule has 0 amide bonds. The van der Waals surface area contributed by atoms with Crippen molar-refractivity contribution in [3.8, 4) is 5.75 Å². The highest BCUT2D eigenvalue weighted by molar-refractivity contribution is 7.99. The number of nitrogens with two attached hydrogens (primary N) is 1. The number of thioether (sulfide) groups is 1. The minimum atomic E-state index is 0.220. The molecule has 2 aromatic carbocycles. The number of hydrogen-bond acceptors (Lipinski definition) is 3. The maximum atomic E-state index is 9.26. The molecule has 3 heteroatoms. The summed E-state index contributed by atoms with van der Waals surface area (Å²) >= 11 is 1.74. The van der Waals surface area contributed by atoms with Crippen LogP contribution < -0.4 is 5.73 Å². The Labute approximate surface area is 105 Å². The van der Waals surface area contributed by atoms with Crippen LogP contribution in [-0.4, -0.2) is 11.7 Å². The van der Waals surface area contributed by atoms with Crippen molar-refractivity contribution in [2.75, 3.05) is 6.54 Å². The molecule has 1 atom stereocenters. The smallest absolute Gasteiger partial charge is 0.115 e. The van der Waals surface area contributed by atoms with Crippen LogP contribution >= 0.6 is 11.8 Å². The molecule has 0 radical (unpaired) electrons. The summed E-state index contributed by atoms with van der Waals surface area (Å²) in [4.78, 5) is 1.20. The van der Waals surface area contributed by atoms with Gasteiger partial charge in [0.25, 0.3) is 0 Å². The van der Waals surface area contributed by atoms with Crippen molar-refractivity contribution in [2.24, 2.45) is 5.73 Å². The summed E-state index contributed by atoms with van der Waals surface area (Å²) in [5.74, 6) is 0.286. The lowest BCUT2D eigenvalue weighted by Crippen LogP contribution is -2.09. The van der Waals surface area contributed by atoms with E-state index in [9.17, 15) is 5.11 Å². The number of rotatable bonds is 4. The second-order valence-corrected chi connectivity index (χ2v) is 5.02. The molecule has 0 spiro atoms. The first-order valence-corrected chi connectivity index (χ1v) is 6.38. The lowest BCUT2D eigenvalue weighted by molar-refractivity contribution is 0.475. The number of benzene rings is 2. The first-order valence-electron chi connectivity index (χ1n) is 5.50. The maximum absolute atomic E-state index is 9.26. The van der Waals surface area contributed by atoms with E-state index in [4.69, 9.17) is 5.73 Å². The van der Waals surface area contributed by atoms with E-state index in [0.717, 1.165) is 5.56 Å². The van der Waals surface area contributed by atoms with Gasteiger partial charge in [-0.05, 0) is 29.8 Å². The van der Waals surface area contributed by atoms with Crippen LogP contribution in [0.1, 0.15) is 10.8 Å². The molecule has 0 aliphatic rings. The Morgan fingerprint density at radius 1 is 1.00 bits per heavy atom. The van der Waals surface area contributed by atoms with Gasteiger partial charge in [0.1, 0.15) is 5.75 Å². The van der Waals surface area contributed by atoms with E-state index in [1.165, 1.54) is 4.90 Å². The fourth-order valence-corrected chi connectivity index (χ4v) is 2.64. The van der Waals surface area contributed by atoms with Gasteiger partial charge >= 0.3 is 0 Å². The Morgan fingerprint density at radius 2 is 1.65 bits per heavy atom. The average molecular weight is 245 g/mol. The van der Waals surface area contributed by atoms with E-state index in [0.29, 0.717) is 6.54 Å². The lowest BCUT2D eigenvalue weighted by Gasteiger charge is -2.14. The predicted octanol–water partition coefficient (Wildman–Crippen LogP) is 3.18. The number of phenolic OH excluding ortho intramolecular Hbond substituents is 1. The molecule has 2 rings (SSSR count). The second-order valence-electron chi connectivity index (χ2n) is 3.75. The van der Waals surface area contributed by atoms with Crippen molar-refractivity contribution in [3.05, 3.63) is 60.2 Å². The van der Waals surface area contributed by atoms with Gasteiger partial charge in [-0.3, -0.25) is 0 Å². The van der Waals surface area contributed by atoms with Crippen molar-refractivity contribution in [1.29, 1.82) is 0 Å². The van der Waals surface area contributed by atoms with Crippen molar-refractivity contribution >= 4 is 11.8 Å². The van der Waals surface area contributed by atoms with Crippen molar-refractivity contribution in [3.63, 3.8) is 0 Å². The normalized spacial score (nSPS) is 12.3. The van der Waals surface area contributed by atoms with E-state index in [1.807, 2.05) is 30.3 Å². The maximum Gasteiger partial charge on any atom is 0.115 e. The Bertz CT molecular complexity index is 455. The fourth-order valence-electron chi connectivity index (χ4n) is 1.60. The molecule has 1 unspecified atom stereocenters. The van der Waals surface area contributed by atoms with Crippen molar-refractivity contribution in [1.82, 2.24) is 0 Å². The Balaban J connectivity index is 2.14. The van der Waals surface area contributed by atoms with E-state index in [2.05, 4.69) is 12.1 Å². The van der Waals surface area contributed by atoms with Gasteiger partial charge in [0.05, 0.1) is 0 Å². The molecule has 0 heterocycles. The molecule has 0 saturated heterocycles. The minimum Gasteiger partial charge on any atom is -0.508 e. The zero-order valence-electron chi connectivity index (χ0n) is 9.41. The molecule has 3 N–H and O–H groups in total. The third-order valence-electron chi connectivity index (χ3n) is 2.50. The van der Waals surface area contributed by atoms with Gasteiger partial charge in [-0.1, -0.05) is 30.3 Å². The molecule has 0 aliphatic carbocycles. The Kier molecular flexibility index (Phi) is 4.07. The van der Waals surface area contributed by atoms with Crippen molar-refractivity contribution < 1.29 is 5.11 Å². The summed E-state index contributed by atoms with van der Waals surface area (Å²) in [6.45, 7) is 0.574. The van der Waals surface area contributed by atoms with Crippen LogP contribution in [0.3, 0.4) is 0 Å². The largest absolute Gasteiger partial charge is 0.508 e. The molecule has 0 aromatic heterocycles. The first kappa shape index (κ1) is 12.0. The molecule has 0 bridgehead atoms. The summed E-state index contributed by atoms with van der Waals surface area (Å²) in [6, 6.07) is 17.4. The minimum absolute atomic E-state index is 0.220. The highest BCUT2D eigenvalue weighted by atomic mass is 32.2. The molecule has 2 aromatic rings. The molecule has 2 nitrogen and oxygen atoms in total. The fraction of sp³-hybridized carbons (Fsp3) is 0.143. The van der Waals surface area contributed by atoms with E-state index < -0.39 is 0 Å². The van der Waals surface area contributed by atoms with Gasteiger partial charge in [0, 0.05) is 16.7 Å². The molecular weight excluding hydrogens is 230 g/mol. The monoisotopic (exact) mass is 245 g/mol. The van der Waals surface area contributed by atoms with Crippen LogP contribution in [0, 0.1) is 0 Å². The van der Waals surface area contributed by atoms with Gasteiger partial charge in [-0.2, -0.15) is 0 Å². The summed E-state index contributed by atoms with van der Waals surface area (Å²) in [5.41, 5.74) is 6.95. The van der Waals surface area contributed by atoms with Gasteiger partial charge in [0.15, 0.2) is 0 Å². The van der Waals surface area contributed by atoms with Crippen LogP contribution in [0.5, 0.6) is 5.75 Å². The Hall–Kier alpha value is -1.45. The third-order valence-corrected chi connectivity index (χ3v) is 3.79. The second kappa shape index (κ2) is 5.75. The van der Waals surface area contributed by atoms with Gasteiger partial charge in [0.2, 0.25) is 0 Å². The molecule has 0 fully saturated rings. The zero-order valence-corrected chi connectivity index (χ0v) is 10.2. The van der Waals surface area contributed by atoms with Crippen LogP contribution in [0.15, 0.2) is 59.5 Å². The topological polar surface area (TPSA) is 46.2 Å². The lowest BCUT2D eigenvalue weighted by atomic mass is 10.1. The van der Waals surface area contributed by atoms with E-state index >= 15 is 0 Å². The van der Waals surface area contributed by atoms with Crippen LogP contribution in [0.2, 0.25) is 0 Å². The van der Waals surface area contributed by atoms with Gasteiger partial charge in [-0.15, -0.1) is 11.8 Å². The predicted molar refractivity (Wildman–Crippen MR) is 72.2 cm³/mol. The van der Waals surface area contributed by atoms with E-state index in [1.54, 1.807) is 23.9 Å². The molecule has 17 heavy (non-hydrogen) atoms. The zero-order chi connectivity index (χ0) is 12.1. The van der Waals surface area contributed by atoms with E-state index in [-0.39, 0.29) is 11.0 Å². The first-order chi connectivity index (χ1) is 8.29. The van der Waals surface area contributed by atoms with Crippen LogP contribution in [-0.2, 0) is 0 Å². The molecule has 0 saturated carbocycles. The summed E-state index contributed by atoms with van der Waals surface area (Å²) in [6.07, 6.45) is 0. The Morgan fingerprint density at radius 3 is 2.24 bits per heavy atom. The van der Waals surface area contributed by atoms with Crippen LogP contribution in [0.4, 0.5) is 0 Å². The standard InChI is InChI=1S/C14H15NOS/c15-10-14(11-6-8-12(16)9-7-11)17-13-4-2-1-3-5-13/h1-9,14,16H,10,15H2. The summed E-state index contributed by atoms with van der Waals surface area (Å²) < 4.78 is 0. The van der Waals surface area contributed by atoms with Crippen LogP contribution in [0.25, 0.3) is 0 Å². The van der Waals surface area contributed by atoms with Crippen molar-refractivity contribution in [2.45, 2.75) is 10.1 Å². The summed E-state index contributed by atoms with van der Waals surface area (Å²) in [5, 5.41) is 9.48. The molecule has 88 valence electrons. The number of phenols is 1. The highest BCUT2D eigenvalue weighted by Crippen LogP contribution is 2.34. The average Bonchev–Trinajstić information content (AvgIpc) is 2.38. The summed E-state index contributed by atoms with van der Waals surface area (Å²) in [7, 11) is 0. The highest BCUT2D eigenvalue weighted by Gasteiger charge is 2.10. The number of hydrogen-bond donors (Lipinski definition) is 2. The third kappa shape index (κ3) is 3.25. The quantitative estimate of drug-likeness (QED) is 0.813. The SMILES string of the molecule is NCC(Sc1ccccc1)c1ccc(O)cc1.